The summed E-state index contributed by atoms with van der Waals surface area (Å²) in [5.41, 5.74) is 3.33. The van der Waals surface area contributed by atoms with Crippen molar-refractivity contribution in [3.05, 3.63) is 47.5 Å². The predicted octanol–water partition coefficient (Wildman–Crippen LogP) is 2.36. The van der Waals surface area contributed by atoms with Crippen LogP contribution in [0.25, 0.3) is 5.65 Å². The lowest BCUT2D eigenvalue weighted by atomic mass is 9.99. The number of hydrogen-bond acceptors (Lipinski definition) is 6. The van der Waals surface area contributed by atoms with Gasteiger partial charge >= 0.3 is 0 Å². The van der Waals surface area contributed by atoms with E-state index in [4.69, 9.17) is 0 Å². The molecule has 1 aliphatic rings. The van der Waals surface area contributed by atoms with E-state index in [2.05, 4.69) is 62.0 Å². The maximum atomic E-state index is 4.36. The fraction of sp³-hybridized carbons (Fsp3) is 0.444. The van der Waals surface area contributed by atoms with Crippen molar-refractivity contribution < 1.29 is 0 Å². The lowest BCUT2D eigenvalue weighted by Crippen LogP contribution is -2.34. The number of aromatic nitrogens is 5. The van der Waals surface area contributed by atoms with Crippen LogP contribution >= 0.6 is 0 Å². The molecule has 4 rings (SSSR count). The average molecular weight is 337 g/mol. The number of fused-ring (bicyclic) bond motifs is 1. The molecule has 3 heterocycles. The van der Waals surface area contributed by atoms with E-state index in [9.17, 15) is 0 Å². The Balaban J connectivity index is 1.45. The summed E-state index contributed by atoms with van der Waals surface area (Å²) in [5.74, 6) is 1.56. The second kappa shape index (κ2) is 7.14. The molecule has 130 valence electrons. The number of hydrogen-bond donors (Lipinski definition) is 1. The van der Waals surface area contributed by atoms with Gasteiger partial charge in [-0.1, -0.05) is 31.2 Å². The number of likely N-dealkylation sites (tertiary alicyclic amines) is 1. The molecule has 0 spiro atoms. The van der Waals surface area contributed by atoms with Crippen LogP contribution in [0.3, 0.4) is 0 Å². The summed E-state index contributed by atoms with van der Waals surface area (Å²) in [6.07, 6.45) is 2.66. The molecule has 3 aromatic rings. The molecule has 0 aliphatic carbocycles. The average Bonchev–Trinajstić information content (AvgIpc) is 3.09. The molecule has 1 atom stereocenters. The molecule has 1 fully saturated rings. The second-order valence-electron chi connectivity index (χ2n) is 6.85. The van der Waals surface area contributed by atoms with E-state index in [1.165, 1.54) is 41.7 Å². The Labute approximate surface area is 147 Å². The third-order valence-corrected chi connectivity index (χ3v) is 4.78. The van der Waals surface area contributed by atoms with Crippen LogP contribution in [0, 0.1) is 5.92 Å². The highest BCUT2D eigenvalue weighted by atomic mass is 15.6. The van der Waals surface area contributed by atoms with Crippen molar-refractivity contribution in [3.63, 3.8) is 0 Å². The number of nitrogens with zero attached hydrogens (tertiary/aromatic N) is 6. The van der Waals surface area contributed by atoms with E-state index in [-0.39, 0.29) is 0 Å². The van der Waals surface area contributed by atoms with Gasteiger partial charge in [-0.05, 0) is 59.0 Å². The maximum Gasteiger partial charge on any atom is 0.200 e. The van der Waals surface area contributed by atoms with Crippen molar-refractivity contribution in [1.82, 2.24) is 30.2 Å². The minimum absolute atomic E-state index is 0.644. The highest BCUT2D eigenvalue weighted by Gasteiger charge is 2.17. The fourth-order valence-corrected chi connectivity index (χ4v) is 3.49. The van der Waals surface area contributed by atoms with E-state index in [1.54, 1.807) is 0 Å². The summed E-state index contributed by atoms with van der Waals surface area (Å²) >= 11 is 0. The molecule has 1 aliphatic heterocycles. The summed E-state index contributed by atoms with van der Waals surface area (Å²) in [6.45, 7) is 6.49. The van der Waals surface area contributed by atoms with Gasteiger partial charge in [-0.3, -0.25) is 4.90 Å². The first-order valence-electron chi connectivity index (χ1n) is 8.86. The number of piperidine rings is 1. The molecule has 0 bridgehead atoms. The van der Waals surface area contributed by atoms with Gasteiger partial charge in [0.05, 0.1) is 0 Å². The Morgan fingerprint density at radius 3 is 2.92 bits per heavy atom. The number of tetrazole rings is 1. The van der Waals surface area contributed by atoms with Gasteiger partial charge in [0.25, 0.3) is 0 Å². The fourth-order valence-electron chi connectivity index (χ4n) is 3.49. The Morgan fingerprint density at radius 2 is 2.04 bits per heavy atom. The minimum atomic E-state index is 0.644. The van der Waals surface area contributed by atoms with Crippen molar-refractivity contribution in [3.8, 4) is 0 Å². The van der Waals surface area contributed by atoms with Gasteiger partial charge in [0, 0.05) is 19.6 Å². The van der Waals surface area contributed by atoms with E-state index in [0.29, 0.717) is 5.65 Å². The van der Waals surface area contributed by atoms with Crippen LogP contribution in [-0.2, 0) is 13.1 Å². The van der Waals surface area contributed by atoms with E-state index < -0.39 is 0 Å². The number of rotatable bonds is 5. The Kier molecular flexibility index (Phi) is 4.56. The summed E-state index contributed by atoms with van der Waals surface area (Å²) in [4.78, 5) is 2.57. The van der Waals surface area contributed by atoms with Crippen molar-refractivity contribution in [1.29, 1.82) is 0 Å². The highest BCUT2D eigenvalue weighted by Crippen LogP contribution is 2.20. The Hall–Kier alpha value is -2.54. The Bertz CT molecular complexity index is 844. The SMILES string of the molecule is CC1CCCN(Cc2ccccc2CNc2ccc3nnnn3n2)C1. The standard InChI is InChI=1S/C18H23N7/c1-14-5-4-10-24(12-14)13-16-7-3-2-6-15(16)11-19-17-8-9-18-20-22-23-25(18)21-17/h2-3,6-9,14H,4-5,10-13H2,1H3,(H,19,21). The molecule has 1 saturated heterocycles. The lowest BCUT2D eigenvalue weighted by Gasteiger charge is -2.31. The number of nitrogens with one attached hydrogen (secondary N) is 1. The first-order chi connectivity index (χ1) is 12.3. The third kappa shape index (κ3) is 3.76. The van der Waals surface area contributed by atoms with Crippen molar-refractivity contribution in [2.45, 2.75) is 32.9 Å². The largest absolute Gasteiger partial charge is 0.364 e. The monoisotopic (exact) mass is 337 g/mol. The summed E-state index contributed by atoms with van der Waals surface area (Å²) in [6, 6.07) is 12.4. The Morgan fingerprint density at radius 1 is 1.16 bits per heavy atom. The van der Waals surface area contributed by atoms with Crippen LogP contribution in [0.4, 0.5) is 5.82 Å². The molecule has 1 aromatic carbocycles. The van der Waals surface area contributed by atoms with Gasteiger partial charge in [-0.2, -0.15) is 0 Å². The highest BCUT2D eigenvalue weighted by molar-refractivity contribution is 5.43. The van der Waals surface area contributed by atoms with Gasteiger partial charge < -0.3 is 5.32 Å². The molecule has 2 aromatic heterocycles. The van der Waals surface area contributed by atoms with E-state index in [1.807, 2.05) is 12.1 Å². The van der Waals surface area contributed by atoms with Crippen LogP contribution in [0.1, 0.15) is 30.9 Å². The van der Waals surface area contributed by atoms with Crippen LogP contribution in [-0.4, -0.2) is 43.2 Å². The minimum Gasteiger partial charge on any atom is -0.364 e. The van der Waals surface area contributed by atoms with Gasteiger partial charge in [0.2, 0.25) is 0 Å². The van der Waals surface area contributed by atoms with Crippen LogP contribution < -0.4 is 5.32 Å². The molecule has 1 N–H and O–H groups in total. The number of anilines is 1. The first-order valence-corrected chi connectivity index (χ1v) is 8.86. The lowest BCUT2D eigenvalue weighted by molar-refractivity contribution is 0.176. The van der Waals surface area contributed by atoms with E-state index >= 15 is 0 Å². The van der Waals surface area contributed by atoms with Gasteiger partial charge in [-0.15, -0.1) is 14.8 Å². The van der Waals surface area contributed by atoms with Crippen molar-refractivity contribution in [2.75, 3.05) is 18.4 Å². The zero-order chi connectivity index (χ0) is 17.1. The van der Waals surface area contributed by atoms with Crippen LogP contribution in [0.2, 0.25) is 0 Å². The van der Waals surface area contributed by atoms with Crippen molar-refractivity contribution in [2.24, 2.45) is 5.92 Å². The topological polar surface area (TPSA) is 71.2 Å². The zero-order valence-corrected chi connectivity index (χ0v) is 14.5. The van der Waals surface area contributed by atoms with Gasteiger partial charge in [0.1, 0.15) is 5.82 Å². The summed E-state index contributed by atoms with van der Waals surface area (Å²) in [7, 11) is 0. The van der Waals surface area contributed by atoms with Gasteiger partial charge in [-0.25, -0.2) is 0 Å². The molecule has 0 saturated carbocycles. The van der Waals surface area contributed by atoms with E-state index in [0.717, 1.165) is 24.8 Å². The smallest absolute Gasteiger partial charge is 0.200 e. The quantitative estimate of drug-likeness (QED) is 0.771. The number of benzene rings is 1. The third-order valence-electron chi connectivity index (χ3n) is 4.78. The van der Waals surface area contributed by atoms with Gasteiger partial charge in [0.15, 0.2) is 5.65 Å². The molecule has 1 unspecified atom stereocenters. The normalized spacial score (nSPS) is 18.5. The molecule has 7 nitrogen and oxygen atoms in total. The summed E-state index contributed by atoms with van der Waals surface area (Å²) in [5, 5.41) is 19.1. The second-order valence-corrected chi connectivity index (χ2v) is 6.85. The van der Waals surface area contributed by atoms with Crippen LogP contribution in [0.5, 0.6) is 0 Å². The van der Waals surface area contributed by atoms with Crippen molar-refractivity contribution >= 4 is 11.5 Å². The molecule has 0 radical (unpaired) electrons. The maximum absolute atomic E-state index is 4.36. The molecule has 0 amide bonds. The molecule has 7 heteroatoms. The van der Waals surface area contributed by atoms with Crippen LogP contribution in [0.15, 0.2) is 36.4 Å². The molecule has 25 heavy (non-hydrogen) atoms. The first kappa shape index (κ1) is 16.0. The molecular formula is C18H23N7. The zero-order valence-electron chi connectivity index (χ0n) is 14.5. The summed E-state index contributed by atoms with van der Waals surface area (Å²) < 4.78 is 1.43. The molecular weight excluding hydrogens is 314 g/mol. The predicted molar refractivity (Wildman–Crippen MR) is 96.0 cm³/mol.